The average molecular weight is 382 g/mol. The Morgan fingerprint density at radius 1 is 1.42 bits per heavy atom. The summed E-state index contributed by atoms with van der Waals surface area (Å²) < 4.78 is 64.3. The van der Waals surface area contributed by atoms with Gasteiger partial charge in [-0.1, -0.05) is 11.3 Å². The third-order valence-corrected chi connectivity index (χ3v) is 5.44. The summed E-state index contributed by atoms with van der Waals surface area (Å²) in [5, 5.41) is 1.29. The van der Waals surface area contributed by atoms with Crippen LogP contribution < -0.4 is 10.1 Å². The van der Waals surface area contributed by atoms with Gasteiger partial charge in [0.15, 0.2) is 21.6 Å². The van der Waals surface area contributed by atoms with Crippen molar-refractivity contribution >= 4 is 42.4 Å². The second-order valence-electron chi connectivity index (χ2n) is 5.01. The van der Waals surface area contributed by atoms with Gasteiger partial charge in [0.1, 0.15) is 11.0 Å². The normalized spacial score (nSPS) is 13.7. The van der Waals surface area contributed by atoms with Gasteiger partial charge in [0, 0.05) is 6.26 Å². The summed E-state index contributed by atoms with van der Waals surface area (Å²) in [6.45, 7) is -0.159. The molecule has 0 bridgehead atoms. The summed E-state index contributed by atoms with van der Waals surface area (Å²) in [7, 11) is -3.54. The standard InChI is InChI=1S/C13H13F3N2O4S2/c1-7(24(2,20)21)11(19)18-12-17-9-4-3-8(5-10(9)23-12)22-6-13(14,15)16/h3-5,7H,6H2,1-2H3,(H,17,18,19)/t7-/m1/s1. The van der Waals surface area contributed by atoms with E-state index in [-0.39, 0.29) is 10.9 Å². The van der Waals surface area contributed by atoms with Gasteiger partial charge in [-0.2, -0.15) is 13.2 Å². The monoisotopic (exact) mass is 382 g/mol. The molecule has 0 spiro atoms. The molecular weight excluding hydrogens is 369 g/mol. The number of carbonyl (C=O) groups excluding carboxylic acids is 1. The van der Waals surface area contributed by atoms with Crippen molar-refractivity contribution in [2.24, 2.45) is 0 Å². The van der Waals surface area contributed by atoms with E-state index in [9.17, 15) is 26.4 Å². The number of anilines is 1. The zero-order valence-electron chi connectivity index (χ0n) is 12.5. The van der Waals surface area contributed by atoms with Crippen LogP contribution in [0.25, 0.3) is 10.2 Å². The van der Waals surface area contributed by atoms with Gasteiger partial charge in [-0.25, -0.2) is 13.4 Å². The van der Waals surface area contributed by atoms with E-state index in [0.29, 0.717) is 10.2 Å². The van der Waals surface area contributed by atoms with E-state index in [4.69, 9.17) is 0 Å². The molecule has 0 unspecified atom stereocenters. The second-order valence-corrected chi connectivity index (χ2v) is 8.41. The minimum Gasteiger partial charge on any atom is -0.484 e. The molecule has 0 fully saturated rings. The molecule has 1 aromatic carbocycles. The predicted molar refractivity (Wildman–Crippen MR) is 84.1 cm³/mol. The number of rotatable bonds is 5. The fourth-order valence-corrected chi connectivity index (χ4v) is 2.96. The molecule has 1 atom stereocenters. The Balaban J connectivity index is 2.15. The van der Waals surface area contributed by atoms with Crippen molar-refractivity contribution in [1.29, 1.82) is 0 Å². The highest BCUT2D eigenvalue weighted by molar-refractivity contribution is 7.92. The summed E-state index contributed by atoms with van der Waals surface area (Å²) >= 11 is 1.00. The molecule has 0 radical (unpaired) electrons. The first-order chi connectivity index (χ1) is 11.0. The van der Waals surface area contributed by atoms with Gasteiger partial charge in [-0.05, 0) is 25.1 Å². The molecule has 0 aliphatic rings. The van der Waals surface area contributed by atoms with E-state index >= 15 is 0 Å². The van der Waals surface area contributed by atoms with E-state index in [1.165, 1.54) is 25.1 Å². The maximum absolute atomic E-state index is 12.1. The lowest BCUT2D eigenvalue weighted by molar-refractivity contribution is -0.153. The van der Waals surface area contributed by atoms with Gasteiger partial charge in [0.05, 0.1) is 10.2 Å². The second kappa shape index (κ2) is 6.55. The van der Waals surface area contributed by atoms with Crippen LogP contribution in [-0.4, -0.2) is 43.6 Å². The third kappa shape index (κ3) is 4.81. The van der Waals surface area contributed by atoms with Crippen molar-refractivity contribution in [3.05, 3.63) is 18.2 Å². The molecule has 2 aromatic rings. The molecule has 11 heteroatoms. The number of nitrogens with one attached hydrogen (secondary N) is 1. The van der Waals surface area contributed by atoms with Crippen molar-refractivity contribution in [2.75, 3.05) is 18.2 Å². The highest BCUT2D eigenvalue weighted by atomic mass is 32.2. The number of sulfone groups is 1. The van der Waals surface area contributed by atoms with Crippen molar-refractivity contribution in [3.63, 3.8) is 0 Å². The van der Waals surface area contributed by atoms with Crippen LogP contribution >= 0.6 is 11.3 Å². The molecule has 2 rings (SSSR count). The van der Waals surface area contributed by atoms with E-state index in [1.54, 1.807) is 0 Å². The lowest BCUT2D eigenvalue weighted by atomic mass is 10.3. The largest absolute Gasteiger partial charge is 0.484 e. The number of carbonyl (C=O) groups is 1. The Morgan fingerprint density at radius 3 is 2.67 bits per heavy atom. The first-order valence-corrected chi connectivity index (χ1v) is 9.33. The third-order valence-electron chi connectivity index (χ3n) is 3.00. The summed E-state index contributed by atoms with van der Waals surface area (Å²) in [5.74, 6) is -0.712. The minimum absolute atomic E-state index is 0.0193. The molecule has 1 aromatic heterocycles. The predicted octanol–water partition coefficient (Wildman–Crippen LogP) is 2.61. The molecular formula is C13H13F3N2O4S2. The van der Waals surface area contributed by atoms with Crippen LogP contribution in [0.1, 0.15) is 6.92 Å². The number of nitrogens with zero attached hydrogens (tertiary/aromatic N) is 1. The number of halogens is 3. The van der Waals surface area contributed by atoms with Crippen molar-refractivity contribution in [2.45, 2.75) is 18.3 Å². The molecule has 0 saturated carbocycles. The molecule has 132 valence electrons. The van der Waals surface area contributed by atoms with Gasteiger partial charge in [0.2, 0.25) is 5.91 Å². The molecule has 0 aliphatic heterocycles. The Bertz CT molecular complexity index is 862. The minimum atomic E-state index is -4.44. The van der Waals surface area contributed by atoms with Gasteiger partial charge in [-0.3, -0.25) is 4.79 Å². The van der Waals surface area contributed by atoms with Crippen LogP contribution in [-0.2, 0) is 14.6 Å². The SMILES string of the molecule is C[C@H](C(=O)Nc1nc2ccc(OCC(F)(F)F)cc2s1)S(C)(=O)=O. The zero-order chi connectivity index (χ0) is 18.1. The van der Waals surface area contributed by atoms with Crippen LogP contribution in [0.2, 0.25) is 0 Å². The van der Waals surface area contributed by atoms with Crippen molar-refractivity contribution in [1.82, 2.24) is 4.98 Å². The van der Waals surface area contributed by atoms with Gasteiger partial charge >= 0.3 is 6.18 Å². The maximum Gasteiger partial charge on any atom is 0.422 e. The number of hydrogen-bond donors (Lipinski definition) is 1. The number of amides is 1. The van der Waals surface area contributed by atoms with Gasteiger partial charge in [-0.15, -0.1) is 0 Å². The number of thiazole rings is 1. The lowest BCUT2D eigenvalue weighted by Gasteiger charge is -2.08. The van der Waals surface area contributed by atoms with Crippen molar-refractivity contribution < 1.29 is 31.1 Å². The van der Waals surface area contributed by atoms with Gasteiger partial charge in [0.25, 0.3) is 0 Å². The number of benzene rings is 1. The van der Waals surface area contributed by atoms with E-state index in [0.717, 1.165) is 17.6 Å². The highest BCUT2D eigenvalue weighted by Crippen LogP contribution is 2.30. The first-order valence-electron chi connectivity index (χ1n) is 6.55. The number of aromatic nitrogens is 1. The van der Waals surface area contributed by atoms with Crippen LogP contribution in [0.5, 0.6) is 5.75 Å². The lowest BCUT2D eigenvalue weighted by Crippen LogP contribution is -2.31. The van der Waals surface area contributed by atoms with E-state index < -0.39 is 33.8 Å². The number of alkyl halides is 3. The van der Waals surface area contributed by atoms with Crippen LogP contribution in [0.3, 0.4) is 0 Å². The summed E-state index contributed by atoms with van der Waals surface area (Å²) in [4.78, 5) is 15.9. The Kier molecular flexibility index (Phi) is 5.04. The van der Waals surface area contributed by atoms with Crippen LogP contribution in [0.4, 0.5) is 18.3 Å². The highest BCUT2D eigenvalue weighted by Gasteiger charge is 2.28. The van der Waals surface area contributed by atoms with E-state index in [1.807, 2.05) is 0 Å². The zero-order valence-corrected chi connectivity index (χ0v) is 14.2. The van der Waals surface area contributed by atoms with E-state index in [2.05, 4.69) is 15.0 Å². The topological polar surface area (TPSA) is 85.4 Å². The van der Waals surface area contributed by atoms with Crippen LogP contribution in [0.15, 0.2) is 18.2 Å². The van der Waals surface area contributed by atoms with Crippen LogP contribution in [0, 0.1) is 0 Å². The first kappa shape index (κ1) is 18.5. The number of hydrogen-bond acceptors (Lipinski definition) is 6. The summed E-state index contributed by atoms with van der Waals surface area (Å²) in [6.07, 6.45) is -3.50. The Morgan fingerprint density at radius 2 is 2.08 bits per heavy atom. The molecule has 6 nitrogen and oxygen atoms in total. The number of ether oxygens (including phenoxy) is 1. The fraction of sp³-hybridized carbons (Fsp3) is 0.385. The summed E-state index contributed by atoms with van der Waals surface area (Å²) in [6, 6.07) is 4.15. The maximum atomic E-state index is 12.1. The molecule has 1 N–H and O–H groups in total. The van der Waals surface area contributed by atoms with Gasteiger partial charge < -0.3 is 10.1 Å². The summed E-state index contributed by atoms with van der Waals surface area (Å²) in [5.41, 5.74) is 0.446. The smallest absolute Gasteiger partial charge is 0.422 e. The molecule has 0 saturated heterocycles. The number of fused-ring (bicyclic) bond motifs is 1. The quantitative estimate of drug-likeness (QED) is 0.859. The molecule has 1 amide bonds. The average Bonchev–Trinajstić information content (AvgIpc) is 2.83. The fourth-order valence-electron chi connectivity index (χ4n) is 1.61. The van der Waals surface area contributed by atoms with Crippen molar-refractivity contribution in [3.8, 4) is 5.75 Å². The Labute approximate surface area is 139 Å². The molecule has 1 heterocycles. The molecule has 0 aliphatic carbocycles. The molecule has 24 heavy (non-hydrogen) atoms. The Hall–Kier alpha value is -1.88.